The first kappa shape index (κ1) is 17.5. The highest BCUT2D eigenvalue weighted by atomic mass is 32.2. The predicted octanol–water partition coefficient (Wildman–Crippen LogP) is 3.14. The first-order valence-corrected chi connectivity index (χ1v) is 10.1. The maximum Gasteiger partial charge on any atom is 0.240 e. The van der Waals surface area contributed by atoms with E-state index >= 15 is 0 Å². The number of nitrogens with one attached hydrogen (secondary N) is 1. The van der Waals surface area contributed by atoms with E-state index in [1.807, 2.05) is 17.5 Å². The van der Waals surface area contributed by atoms with Crippen LogP contribution >= 0.6 is 11.3 Å². The minimum Gasteiger partial charge on any atom is -0.294 e. The Labute approximate surface area is 144 Å². The second kappa shape index (κ2) is 7.26. The summed E-state index contributed by atoms with van der Waals surface area (Å²) in [5.74, 6) is -1.82. The summed E-state index contributed by atoms with van der Waals surface area (Å²) in [5, 5.41) is 1.95. The van der Waals surface area contributed by atoms with Crippen molar-refractivity contribution >= 4 is 21.4 Å². The summed E-state index contributed by atoms with van der Waals surface area (Å²) in [6.45, 7) is 2.00. The third-order valence-electron chi connectivity index (χ3n) is 4.07. The summed E-state index contributed by atoms with van der Waals surface area (Å²) in [6, 6.07) is 6.13. The van der Waals surface area contributed by atoms with Crippen molar-refractivity contribution in [3.63, 3.8) is 0 Å². The Morgan fingerprint density at radius 1 is 1.17 bits per heavy atom. The lowest BCUT2D eigenvalue weighted by Gasteiger charge is -2.26. The quantitative estimate of drug-likeness (QED) is 0.848. The first-order valence-electron chi connectivity index (χ1n) is 7.69. The van der Waals surface area contributed by atoms with Gasteiger partial charge in [0.25, 0.3) is 0 Å². The van der Waals surface area contributed by atoms with Gasteiger partial charge in [0.2, 0.25) is 10.0 Å². The van der Waals surface area contributed by atoms with E-state index in [2.05, 4.69) is 9.62 Å². The standard InChI is InChI=1S/C16H18F2N2O2S2/c17-12-8-13(18)10-14(9-12)24(21,22)19-11-15(16-4-3-7-23-16)20-5-1-2-6-20/h3-4,7-10,15,19H,1-2,5-6,11H2. The zero-order valence-electron chi connectivity index (χ0n) is 12.9. The van der Waals surface area contributed by atoms with Gasteiger partial charge in [-0.1, -0.05) is 6.07 Å². The van der Waals surface area contributed by atoms with Crippen LogP contribution in [0, 0.1) is 11.6 Å². The van der Waals surface area contributed by atoms with E-state index < -0.39 is 26.6 Å². The maximum atomic E-state index is 13.3. The number of rotatable bonds is 6. The fourth-order valence-corrected chi connectivity index (χ4v) is 4.84. The van der Waals surface area contributed by atoms with Gasteiger partial charge in [0, 0.05) is 17.5 Å². The molecule has 1 fully saturated rings. The van der Waals surface area contributed by atoms with Crippen molar-refractivity contribution in [3.05, 3.63) is 52.2 Å². The van der Waals surface area contributed by atoms with Crippen molar-refractivity contribution in [2.45, 2.75) is 23.8 Å². The molecule has 2 aromatic rings. The van der Waals surface area contributed by atoms with Gasteiger partial charge >= 0.3 is 0 Å². The largest absolute Gasteiger partial charge is 0.294 e. The topological polar surface area (TPSA) is 49.4 Å². The summed E-state index contributed by atoms with van der Waals surface area (Å²) >= 11 is 1.57. The smallest absolute Gasteiger partial charge is 0.240 e. The zero-order chi connectivity index (χ0) is 17.2. The van der Waals surface area contributed by atoms with E-state index in [0.29, 0.717) is 6.07 Å². The molecular formula is C16H18F2N2O2S2. The molecular weight excluding hydrogens is 354 g/mol. The number of nitrogens with zero attached hydrogens (tertiary/aromatic N) is 1. The molecule has 1 atom stereocenters. The van der Waals surface area contributed by atoms with Gasteiger partial charge in [0.1, 0.15) is 11.6 Å². The molecule has 0 radical (unpaired) electrons. The summed E-state index contributed by atoms with van der Waals surface area (Å²) in [4.78, 5) is 2.91. The molecule has 0 bridgehead atoms. The minimum atomic E-state index is -3.97. The molecule has 3 rings (SSSR count). The number of likely N-dealkylation sites (tertiary alicyclic amines) is 1. The van der Waals surface area contributed by atoms with E-state index in [9.17, 15) is 17.2 Å². The zero-order valence-corrected chi connectivity index (χ0v) is 14.5. The predicted molar refractivity (Wildman–Crippen MR) is 89.4 cm³/mol. The Morgan fingerprint density at radius 2 is 1.83 bits per heavy atom. The average Bonchev–Trinajstić information content (AvgIpc) is 3.20. The van der Waals surface area contributed by atoms with Gasteiger partial charge in [-0.2, -0.15) is 0 Å². The third kappa shape index (κ3) is 4.00. The second-order valence-corrected chi connectivity index (χ2v) is 8.48. The average molecular weight is 372 g/mol. The van der Waals surface area contributed by atoms with E-state index in [4.69, 9.17) is 0 Å². The normalized spacial score (nSPS) is 17.2. The number of thiophene rings is 1. The fourth-order valence-electron chi connectivity index (χ4n) is 2.90. The van der Waals surface area contributed by atoms with Gasteiger partial charge in [-0.15, -0.1) is 11.3 Å². The van der Waals surface area contributed by atoms with Crippen molar-refractivity contribution in [2.75, 3.05) is 19.6 Å². The SMILES string of the molecule is O=S(=O)(NCC(c1cccs1)N1CCCC1)c1cc(F)cc(F)c1. The third-order valence-corrected chi connectivity index (χ3v) is 6.44. The van der Waals surface area contributed by atoms with Gasteiger partial charge in [-0.25, -0.2) is 21.9 Å². The van der Waals surface area contributed by atoms with Crippen LogP contribution in [0.15, 0.2) is 40.6 Å². The van der Waals surface area contributed by atoms with Crippen LogP contribution in [-0.2, 0) is 10.0 Å². The molecule has 130 valence electrons. The molecule has 8 heteroatoms. The Balaban J connectivity index is 1.78. The Bertz CT molecular complexity index is 768. The minimum absolute atomic E-state index is 0.0688. The molecule has 1 unspecified atom stereocenters. The monoisotopic (exact) mass is 372 g/mol. The van der Waals surface area contributed by atoms with Crippen LogP contribution in [0.1, 0.15) is 23.8 Å². The Morgan fingerprint density at radius 3 is 2.42 bits per heavy atom. The van der Waals surface area contributed by atoms with Gasteiger partial charge in [-0.05, 0) is 49.5 Å². The van der Waals surface area contributed by atoms with E-state index in [0.717, 1.165) is 42.9 Å². The number of sulfonamides is 1. The highest BCUT2D eigenvalue weighted by molar-refractivity contribution is 7.89. The van der Waals surface area contributed by atoms with Crippen LogP contribution < -0.4 is 4.72 Å². The summed E-state index contributed by atoms with van der Waals surface area (Å²) in [7, 11) is -3.97. The Kier molecular flexibility index (Phi) is 5.29. The van der Waals surface area contributed by atoms with Crippen LogP contribution in [0.5, 0.6) is 0 Å². The van der Waals surface area contributed by atoms with Crippen LogP contribution in [-0.4, -0.2) is 33.0 Å². The van der Waals surface area contributed by atoms with Crippen LogP contribution in [0.2, 0.25) is 0 Å². The molecule has 24 heavy (non-hydrogen) atoms. The van der Waals surface area contributed by atoms with Crippen LogP contribution in [0.3, 0.4) is 0 Å². The number of hydrogen-bond acceptors (Lipinski definition) is 4. The van der Waals surface area contributed by atoms with Crippen LogP contribution in [0.4, 0.5) is 8.78 Å². The lowest BCUT2D eigenvalue weighted by Crippen LogP contribution is -2.36. The summed E-state index contributed by atoms with van der Waals surface area (Å²) < 4.78 is 53.8. The van der Waals surface area contributed by atoms with Gasteiger partial charge < -0.3 is 0 Å². The molecule has 1 aromatic carbocycles. The maximum absolute atomic E-state index is 13.3. The van der Waals surface area contributed by atoms with Gasteiger partial charge in [0.05, 0.1) is 10.9 Å². The number of benzene rings is 1. The van der Waals surface area contributed by atoms with Crippen molar-refractivity contribution in [1.82, 2.24) is 9.62 Å². The van der Waals surface area contributed by atoms with Crippen molar-refractivity contribution in [3.8, 4) is 0 Å². The highest BCUT2D eigenvalue weighted by Crippen LogP contribution is 2.28. The molecule has 0 spiro atoms. The molecule has 0 amide bonds. The summed E-state index contributed by atoms with van der Waals surface area (Å²) in [5.41, 5.74) is 0. The van der Waals surface area contributed by atoms with Crippen LogP contribution in [0.25, 0.3) is 0 Å². The van der Waals surface area contributed by atoms with E-state index in [1.165, 1.54) is 0 Å². The van der Waals surface area contributed by atoms with Crippen molar-refractivity contribution < 1.29 is 17.2 Å². The lowest BCUT2D eigenvalue weighted by molar-refractivity contribution is 0.250. The van der Waals surface area contributed by atoms with E-state index in [1.54, 1.807) is 11.3 Å². The molecule has 0 saturated carbocycles. The first-order chi connectivity index (χ1) is 11.5. The van der Waals surface area contributed by atoms with Crippen molar-refractivity contribution in [1.29, 1.82) is 0 Å². The molecule has 1 saturated heterocycles. The molecule has 1 aromatic heterocycles. The summed E-state index contributed by atoms with van der Waals surface area (Å²) in [6.07, 6.45) is 2.17. The molecule has 4 nitrogen and oxygen atoms in total. The molecule has 2 heterocycles. The van der Waals surface area contributed by atoms with E-state index in [-0.39, 0.29) is 12.6 Å². The van der Waals surface area contributed by atoms with Gasteiger partial charge in [-0.3, -0.25) is 4.90 Å². The number of halogens is 2. The second-order valence-electron chi connectivity index (χ2n) is 5.73. The van der Waals surface area contributed by atoms with Crippen molar-refractivity contribution in [2.24, 2.45) is 0 Å². The highest BCUT2D eigenvalue weighted by Gasteiger charge is 2.26. The Hall–Kier alpha value is -1.35. The molecule has 1 aliphatic rings. The lowest BCUT2D eigenvalue weighted by atomic mass is 10.2. The molecule has 1 aliphatic heterocycles. The van der Waals surface area contributed by atoms with Gasteiger partial charge in [0.15, 0.2) is 0 Å². The number of hydrogen-bond donors (Lipinski definition) is 1. The fraction of sp³-hybridized carbons (Fsp3) is 0.375. The molecule has 0 aliphatic carbocycles. The molecule has 1 N–H and O–H groups in total.